The van der Waals surface area contributed by atoms with Gasteiger partial charge in [-0.15, -0.1) is 0 Å². The maximum atomic E-state index is 2.46. The van der Waals surface area contributed by atoms with Crippen LogP contribution in [0.2, 0.25) is 0 Å². The van der Waals surface area contributed by atoms with Gasteiger partial charge in [-0.2, -0.15) is 0 Å². The number of anilines is 3. The fourth-order valence-corrected chi connectivity index (χ4v) is 10.4. The third-order valence-corrected chi connectivity index (χ3v) is 13.5. The minimum absolute atomic E-state index is 1.12. The summed E-state index contributed by atoms with van der Waals surface area (Å²) in [7, 11) is 0. The number of para-hydroxylation sites is 3. The highest BCUT2D eigenvalue weighted by Crippen LogP contribution is 2.46. The standard InChI is InChI=1S/C64H42N2/c1-6-16-43(17-7-1)49-38-50(44-18-8-2-9-19-44)40-51(39-49)47-31-37-60-59(41-47)64-58-36-35-57-56(45-28-32-55(33-29-45)65(52-20-10-3-11-21-52)53-22-12-4-13-23-53)34-30-46-26-27-48(63(58)62(46)57)42-61(64)66(60)54-24-14-5-15-25-54/h1-42H. The van der Waals surface area contributed by atoms with Gasteiger partial charge in [0.05, 0.1) is 11.0 Å². The Hall–Kier alpha value is -8.72. The molecule has 0 atom stereocenters. The minimum Gasteiger partial charge on any atom is -0.311 e. The van der Waals surface area contributed by atoms with Crippen LogP contribution in [0.1, 0.15) is 0 Å². The molecule has 0 amide bonds. The van der Waals surface area contributed by atoms with Crippen molar-refractivity contribution in [3.05, 3.63) is 255 Å². The second kappa shape index (κ2) is 15.5. The number of fused-ring (bicyclic) bond motifs is 4. The maximum absolute atomic E-state index is 2.46. The monoisotopic (exact) mass is 838 g/mol. The summed E-state index contributed by atoms with van der Waals surface area (Å²) in [6.45, 7) is 0. The van der Waals surface area contributed by atoms with Gasteiger partial charge in [0.2, 0.25) is 0 Å². The van der Waals surface area contributed by atoms with Gasteiger partial charge in [0.25, 0.3) is 0 Å². The molecule has 1 heterocycles. The molecule has 0 radical (unpaired) electrons. The zero-order valence-electron chi connectivity index (χ0n) is 36.1. The van der Waals surface area contributed by atoms with Crippen molar-refractivity contribution in [3.8, 4) is 50.2 Å². The maximum Gasteiger partial charge on any atom is 0.0553 e. The Morgan fingerprint density at radius 2 is 0.742 bits per heavy atom. The molecule has 13 rings (SSSR count). The molecule has 2 nitrogen and oxygen atoms in total. The van der Waals surface area contributed by atoms with Gasteiger partial charge >= 0.3 is 0 Å². The molecule has 0 spiro atoms. The molecule has 0 bridgehead atoms. The van der Waals surface area contributed by atoms with Crippen LogP contribution < -0.4 is 4.90 Å². The summed E-state index contributed by atoms with van der Waals surface area (Å²) in [5, 5.41) is 10.2. The number of aromatic nitrogens is 1. The van der Waals surface area contributed by atoms with E-state index in [4.69, 9.17) is 0 Å². The van der Waals surface area contributed by atoms with Crippen LogP contribution >= 0.6 is 0 Å². The molecule has 12 aromatic carbocycles. The topological polar surface area (TPSA) is 8.17 Å². The van der Waals surface area contributed by atoms with Gasteiger partial charge in [0, 0.05) is 33.5 Å². The summed E-state index contributed by atoms with van der Waals surface area (Å²) >= 11 is 0. The lowest BCUT2D eigenvalue weighted by molar-refractivity contribution is 1.18. The van der Waals surface area contributed by atoms with Crippen LogP contribution in [0.3, 0.4) is 0 Å². The van der Waals surface area contributed by atoms with Crippen molar-refractivity contribution >= 4 is 71.2 Å². The van der Waals surface area contributed by atoms with Crippen LogP contribution in [0.5, 0.6) is 0 Å². The SMILES string of the molecule is c1ccc(-c2cc(-c3ccccc3)cc(-c3ccc4c(c3)c3c5ccc6c(-c7ccc(N(c8ccccc8)c8ccccc8)cc7)ccc7ccc(cc3n4-c3ccccc3)c5c76)c2)cc1. The molecule has 0 fully saturated rings. The van der Waals surface area contributed by atoms with E-state index >= 15 is 0 Å². The second-order valence-corrected chi connectivity index (χ2v) is 17.3. The molecule has 0 aliphatic rings. The second-order valence-electron chi connectivity index (χ2n) is 17.3. The van der Waals surface area contributed by atoms with E-state index in [1.807, 2.05) is 0 Å². The van der Waals surface area contributed by atoms with Crippen LogP contribution in [0.15, 0.2) is 255 Å². The van der Waals surface area contributed by atoms with Crippen molar-refractivity contribution in [2.45, 2.75) is 0 Å². The third-order valence-electron chi connectivity index (χ3n) is 13.5. The fourth-order valence-electron chi connectivity index (χ4n) is 10.4. The van der Waals surface area contributed by atoms with Gasteiger partial charge in [-0.1, -0.05) is 170 Å². The molecule has 0 aliphatic carbocycles. The predicted molar refractivity (Wildman–Crippen MR) is 281 cm³/mol. The normalized spacial score (nSPS) is 11.6. The molecular formula is C64H42N2. The Morgan fingerprint density at radius 3 is 1.36 bits per heavy atom. The van der Waals surface area contributed by atoms with E-state index in [9.17, 15) is 0 Å². The lowest BCUT2D eigenvalue weighted by atomic mass is 9.88. The van der Waals surface area contributed by atoms with Crippen molar-refractivity contribution in [1.29, 1.82) is 0 Å². The molecule has 0 unspecified atom stereocenters. The van der Waals surface area contributed by atoms with E-state index in [0.717, 1.165) is 22.7 Å². The van der Waals surface area contributed by atoms with E-state index in [0.29, 0.717) is 0 Å². The van der Waals surface area contributed by atoms with Gasteiger partial charge in [0.15, 0.2) is 0 Å². The molecular weight excluding hydrogens is 797 g/mol. The average Bonchev–Trinajstić information content (AvgIpc) is 3.73. The van der Waals surface area contributed by atoms with Crippen LogP contribution in [0.25, 0.3) is 104 Å². The Bertz CT molecular complexity index is 3780. The highest BCUT2D eigenvalue weighted by Gasteiger charge is 2.21. The van der Waals surface area contributed by atoms with Gasteiger partial charge in [-0.3, -0.25) is 0 Å². The molecule has 0 aliphatic heterocycles. The van der Waals surface area contributed by atoms with E-state index < -0.39 is 0 Å². The highest BCUT2D eigenvalue weighted by molar-refractivity contribution is 6.34. The third kappa shape index (κ3) is 6.26. The molecule has 13 aromatic rings. The number of hydrogen-bond donors (Lipinski definition) is 0. The molecule has 66 heavy (non-hydrogen) atoms. The van der Waals surface area contributed by atoms with Crippen LogP contribution in [0.4, 0.5) is 17.1 Å². The molecule has 308 valence electrons. The van der Waals surface area contributed by atoms with Crippen LogP contribution in [-0.2, 0) is 0 Å². The Kier molecular flexibility index (Phi) is 8.89. The summed E-state index contributed by atoms with van der Waals surface area (Å²) in [6, 6.07) is 93.2. The predicted octanol–water partition coefficient (Wildman–Crippen LogP) is 17.8. The van der Waals surface area contributed by atoms with E-state index in [1.54, 1.807) is 0 Å². The zero-order chi connectivity index (χ0) is 43.6. The first-order chi connectivity index (χ1) is 32.7. The summed E-state index contributed by atoms with van der Waals surface area (Å²) in [6.07, 6.45) is 0. The van der Waals surface area contributed by atoms with Gasteiger partial charge < -0.3 is 9.47 Å². The number of nitrogens with zero attached hydrogens (tertiary/aromatic N) is 2. The largest absolute Gasteiger partial charge is 0.311 e. The van der Waals surface area contributed by atoms with Gasteiger partial charge in [0.1, 0.15) is 0 Å². The summed E-state index contributed by atoms with van der Waals surface area (Å²) in [4.78, 5) is 2.32. The first-order valence-electron chi connectivity index (χ1n) is 22.7. The minimum atomic E-state index is 1.12. The average molecular weight is 839 g/mol. The Morgan fingerprint density at radius 1 is 0.258 bits per heavy atom. The quantitative estimate of drug-likeness (QED) is 0.138. The lowest BCUT2D eigenvalue weighted by Gasteiger charge is -2.25. The molecule has 0 saturated carbocycles. The van der Waals surface area contributed by atoms with Crippen molar-refractivity contribution in [3.63, 3.8) is 0 Å². The van der Waals surface area contributed by atoms with Gasteiger partial charge in [-0.05, 0) is 162 Å². The zero-order valence-corrected chi connectivity index (χ0v) is 36.1. The number of hydrogen-bond acceptors (Lipinski definition) is 1. The van der Waals surface area contributed by atoms with Crippen molar-refractivity contribution in [2.24, 2.45) is 0 Å². The van der Waals surface area contributed by atoms with Crippen molar-refractivity contribution in [2.75, 3.05) is 4.90 Å². The van der Waals surface area contributed by atoms with Crippen LogP contribution in [0, 0.1) is 0 Å². The Balaban J connectivity index is 1.01. The van der Waals surface area contributed by atoms with Crippen molar-refractivity contribution < 1.29 is 0 Å². The summed E-state index contributed by atoms with van der Waals surface area (Å²) < 4.78 is 2.46. The van der Waals surface area contributed by atoms with Crippen molar-refractivity contribution in [1.82, 2.24) is 4.57 Å². The van der Waals surface area contributed by atoms with Gasteiger partial charge in [-0.25, -0.2) is 0 Å². The Labute approximate surface area is 383 Å². The lowest BCUT2D eigenvalue weighted by Crippen LogP contribution is -2.09. The number of rotatable bonds is 8. The van der Waals surface area contributed by atoms with E-state index in [2.05, 4.69) is 264 Å². The van der Waals surface area contributed by atoms with E-state index in [-0.39, 0.29) is 0 Å². The van der Waals surface area contributed by atoms with E-state index in [1.165, 1.54) is 98.6 Å². The molecule has 1 aromatic heterocycles. The first-order valence-corrected chi connectivity index (χ1v) is 22.7. The first kappa shape index (κ1) is 37.8. The molecule has 0 N–H and O–H groups in total. The summed E-state index contributed by atoms with van der Waals surface area (Å²) in [5.74, 6) is 0. The summed E-state index contributed by atoms with van der Waals surface area (Å²) in [5.41, 5.74) is 16.6. The molecule has 0 saturated heterocycles. The molecule has 2 heteroatoms. The highest BCUT2D eigenvalue weighted by atomic mass is 15.1. The smallest absolute Gasteiger partial charge is 0.0553 e. The van der Waals surface area contributed by atoms with Crippen LogP contribution in [-0.4, -0.2) is 4.57 Å². The number of benzene rings is 12. The fraction of sp³-hybridized carbons (Fsp3) is 0.